The summed E-state index contributed by atoms with van der Waals surface area (Å²) in [4.78, 5) is 25.4. The molecule has 0 bridgehead atoms. The van der Waals surface area contributed by atoms with E-state index in [4.69, 9.17) is 0 Å². The summed E-state index contributed by atoms with van der Waals surface area (Å²) in [5, 5.41) is 0. The molecule has 4 heterocycles. The Bertz CT molecular complexity index is 819. The van der Waals surface area contributed by atoms with Crippen LogP contribution in [0.25, 0.3) is 4.96 Å². The molecular weight excluding hydrogens is 296 g/mol. The SMILES string of the molecule is Cc1cn2cc(CC(=O)N3CCCc4cnccc43)nc2s1. The maximum atomic E-state index is 12.7. The van der Waals surface area contributed by atoms with Gasteiger partial charge in [0.05, 0.1) is 12.1 Å². The van der Waals surface area contributed by atoms with Crippen molar-refractivity contribution in [3.8, 4) is 0 Å². The second-order valence-electron chi connectivity index (χ2n) is 5.59. The van der Waals surface area contributed by atoms with Crippen LogP contribution in [0.4, 0.5) is 5.69 Å². The number of aryl methyl sites for hydroxylation is 2. The fourth-order valence-electron chi connectivity index (χ4n) is 2.98. The number of amides is 1. The van der Waals surface area contributed by atoms with E-state index in [9.17, 15) is 4.79 Å². The summed E-state index contributed by atoms with van der Waals surface area (Å²) in [6.45, 7) is 2.83. The van der Waals surface area contributed by atoms with E-state index in [0.29, 0.717) is 6.42 Å². The molecule has 0 aliphatic carbocycles. The van der Waals surface area contributed by atoms with E-state index in [-0.39, 0.29) is 5.91 Å². The fourth-order valence-corrected chi connectivity index (χ4v) is 3.81. The van der Waals surface area contributed by atoms with E-state index in [1.165, 1.54) is 4.88 Å². The lowest BCUT2D eigenvalue weighted by Gasteiger charge is -2.28. The van der Waals surface area contributed by atoms with Crippen LogP contribution < -0.4 is 4.90 Å². The third-order valence-corrected chi connectivity index (χ3v) is 4.86. The number of anilines is 1. The molecule has 0 radical (unpaired) electrons. The first-order chi connectivity index (χ1) is 10.7. The Morgan fingerprint density at radius 1 is 1.41 bits per heavy atom. The van der Waals surface area contributed by atoms with Crippen LogP contribution in [-0.4, -0.2) is 26.8 Å². The highest BCUT2D eigenvalue weighted by Gasteiger charge is 2.23. The first-order valence-electron chi connectivity index (χ1n) is 7.38. The van der Waals surface area contributed by atoms with Crippen LogP contribution in [0.2, 0.25) is 0 Å². The average molecular weight is 312 g/mol. The van der Waals surface area contributed by atoms with Gasteiger partial charge < -0.3 is 4.90 Å². The van der Waals surface area contributed by atoms with E-state index in [1.807, 2.05) is 34.0 Å². The van der Waals surface area contributed by atoms with Gasteiger partial charge in [0, 0.05) is 41.9 Å². The second kappa shape index (κ2) is 5.21. The Hall–Kier alpha value is -2.21. The molecule has 3 aromatic heterocycles. The maximum Gasteiger partial charge on any atom is 0.233 e. The average Bonchev–Trinajstić information content (AvgIpc) is 3.03. The molecule has 6 heteroatoms. The van der Waals surface area contributed by atoms with Crippen LogP contribution in [0.3, 0.4) is 0 Å². The molecule has 112 valence electrons. The summed E-state index contributed by atoms with van der Waals surface area (Å²) in [6, 6.07) is 1.93. The van der Waals surface area contributed by atoms with Gasteiger partial charge in [-0.1, -0.05) is 0 Å². The normalized spacial score (nSPS) is 14.3. The van der Waals surface area contributed by atoms with Gasteiger partial charge in [0.2, 0.25) is 5.91 Å². The maximum absolute atomic E-state index is 12.7. The van der Waals surface area contributed by atoms with Crippen molar-refractivity contribution >= 4 is 27.9 Å². The number of hydrogen-bond donors (Lipinski definition) is 0. The van der Waals surface area contributed by atoms with Crippen molar-refractivity contribution in [1.82, 2.24) is 14.4 Å². The van der Waals surface area contributed by atoms with E-state index < -0.39 is 0 Å². The largest absolute Gasteiger partial charge is 0.312 e. The molecule has 0 saturated carbocycles. The van der Waals surface area contributed by atoms with Gasteiger partial charge in [0.15, 0.2) is 4.96 Å². The number of aromatic nitrogens is 3. The summed E-state index contributed by atoms with van der Waals surface area (Å²) >= 11 is 1.64. The van der Waals surface area contributed by atoms with Crippen molar-refractivity contribution in [3.05, 3.63) is 47.0 Å². The van der Waals surface area contributed by atoms with Gasteiger partial charge in [0.1, 0.15) is 0 Å². The van der Waals surface area contributed by atoms with Crippen LogP contribution in [0, 0.1) is 6.92 Å². The van der Waals surface area contributed by atoms with E-state index >= 15 is 0 Å². The number of pyridine rings is 1. The second-order valence-corrected chi connectivity index (χ2v) is 6.81. The van der Waals surface area contributed by atoms with E-state index in [2.05, 4.69) is 16.9 Å². The molecule has 5 nitrogen and oxygen atoms in total. The molecule has 3 aromatic rings. The zero-order valence-electron chi connectivity index (χ0n) is 12.3. The van der Waals surface area contributed by atoms with Gasteiger partial charge in [-0.3, -0.25) is 14.2 Å². The summed E-state index contributed by atoms with van der Waals surface area (Å²) in [7, 11) is 0. The third-order valence-electron chi connectivity index (χ3n) is 3.95. The third kappa shape index (κ3) is 2.29. The Kier molecular flexibility index (Phi) is 3.18. The number of nitrogens with zero attached hydrogens (tertiary/aromatic N) is 4. The van der Waals surface area contributed by atoms with Gasteiger partial charge in [-0.25, -0.2) is 4.98 Å². The Morgan fingerprint density at radius 3 is 3.18 bits per heavy atom. The van der Waals surface area contributed by atoms with E-state index in [0.717, 1.165) is 41.3 Å². The van der Waals surface area contributed by atoms with Crippen molar-refractivity contribution in [2.45, 2.75) is 26.2 Å². The van der Waals surface area contributed by atoms with Crippen molar-refractivity contribution in [1.29, 1.82) is 0 Å². The molecule has 0 saturated heterocycles. The van der Waals surface area contributed by atoms with Crippen molar-refractivity contribution < 1.29 is 4.79 Å². The molecule has 1 aliphatic heterocycles. The van der Waals surface area contributed by atoms with Crippen molar-refractivity contribution in [2.24, 2.45) is 0 Å². The molecule has 4 rings (SSSR count). The number of thiazole rings is 1. The molecule has 0 N–H and O–H groups in total. The highest BCUT2D eigenvalue weighted by molar-refractivity contribution is 7.16. The first kappa shape index (κ1) is 13.5. The number of carbonyl (C=O) groups is 1. The first-order valence-corrected chi connectivity index (χ1v) is 8.19. The molecule has 0 unspecified atom stereocenters. The smallest absolute Gasteiger partial charge is 0.233 e. The van der Waals surface area contributed by atoms with E-state index in [1.54, 1.807) is 17.5 Å². The van der Waals surface area contributed by atoms with Gasteiger partial charge >= 0.3 is 0 Å². The lowest BCUT2D eigenvalue weighted by atomic mass is 10.0. The van der Waals surface area contributed by atoms with Crippen LogP contribution in [-0.2, 0) is 17.6 Å². The minimum absolute atomic E-state index is 0.106. The minimum atomic E-state index is 0.106. The topological polar surface area (TPSA) is 50.5 Å². The standard InChI is InChI=1S/C16H16N4OS/c1-11-9-19-10-13(18-16(19)22-11)7-15(21)20-6-2-3-12-8-17-5-4-14(12)20/h4-5,8-10H,2-3,6-7H2,1H3. The Labute approximate surface area is 132 Å². The van der Waals surface area contributed by atoms with Crippen LogP contribution in [0.5, 0.6) is 0 Å². The van der Waals surface area contributed by atoms with Gasteiger partial charge in [0.25, 0.3) is 0 Å². The van der Waals surface area contributed by atoms with Crippen LogP contribution in [0.1, 0.15) is 22.6 Å². The molecule has 0 spiro atoms. The van der Waals surface area contributed by atoms with Gasteiger partial charge in [-0.2, -0.15) is 0 Å². The molecule has 22 heavy (non-hydrogen) atoms. The molecule has 0 aromatic carbocycles. The number of hydrogen-bond acceptors (Lipinski definition) is 4. The summed E-state index contributed by atoms with van der Waals surface area (Å²) in [6.07, 6.45) is 9.94. The summed E-state index contributed by atoms with van der Waals surface area (Å²) < 4.78 is 2.00. The highest BCUT2D eigenvalue weighted by Crippen LogP contribution is 2.26. The quantitative estimate of drug-likeness (QED) is 0.731. The molecule has 0 fully saturated rings. The zero-order chi connectivity index (χ0) is 15.1. The number of rotatable bonds is 2. The Balaban J connectivity index is 1.58. The molecule has 0 atom stereocenters. The Morgan fingerprint density at radius 2 is 2.32 bits per heavy atom. The van der Waals surface area contributed by atoms with Crippen LogP contribution in [0.15, 0.2) is 30.9 Å². The monoisotopic (exact) mass is 312 g/mol. The van der Waals surface area contributed by atoms with Gasteiger partial charge in [-0.05, 0) is 31.4 Å². The lowest BCUT2D eigenvalue weighted by Crippen LogP contribution is -2.36. The fraction of sp³-hybridized carbons (Fsp3) is 0.312. The highest BCUT2D eigenvalue weighted by atomic mass is 32.1. The molecule has 1 amide bonds. The number of fused-ring (bicyclic) bond motifs is 2. The van der Waals surface area contributed by atoms with Crippen LogP contribution >= 0.6 is 11.3 Å². The molecular formula is C16H16N4OS. The predicted octanol–water partition coefficient (Wildman–Crippen LogP) is 2.62. The molecule has 1 aliphatic rings. The van der Waals surface area contributed by atoms with Gasteiger partial charge in [-0.15, -0.1) is 11.3 Å². The predicted molar refractivity (Wildman–Crippen MR) is 86.4 cm³/mol. The number of carbonyl (C=O) groups excluding carboxylic acids is 1. The van der Waals surface area contributed by atoms with Crippen molar-refractivity contribution in [2.75, 3.05) is 11.4 Å². The number of imidazole rings is 1. The van der Waals surface area contributed by atoms with Crippen molar-refractivity contribution in [3.63, 3.8) is 0 Å². The lowest BCUT2D eigenvalue weighted by molar-refractivity contribution is -0.118. The minimum Gasteiger partial charge on any atom is -0.312 e. The summed E-state index contributed by atoms with van der Waals surface area (Å²) in [5.74, 6) is 0.106. The summed E-state index contributed by atoms with van der Waals surface area (Å²) in [5.41, 5.74) is 2.99. The zero-order valence-corrected chi connectivity index (χ0v) is 13.1.